The van der Waals surface area contributed by atoms with E-state index in [9.17, 15) is 0 Å². The Labute approximate surface area is 216 Å². The summed E-state index contributed by atoms with van der Waals surface area (Å²) in [5.41, 5.74) is 8.37. The van der Waals surface area contributed by atoms with Gasteiger partial charge in [0.05, 0.1) is 5.52 Å². The molecule has 6 aromatic carbocycles. The molecule has 176 valence electrons. The number of fused-ring (bicyclic) bond motifs is 4. The van der Waals surface area contributed by atoms with Crippen LogP contribution in [0.1, 0.15) is 0 Å². The molecule has 0 bridgehead atoms. The molecule has 0 amide bonds. The highest BCUT2D eigenvalue weighted by atomic mass is 15.1. The molecular formula is C35H26N2. The Bertz CT molecular complexity index is 1880. The maximum absolute atomic E-state index is 2.36. The molecule has 0 fully saturated rings. The van der Waals surface area contributed by atoms with Crippen LogP contribution >= 0.6 is 0 Å². The van der Waals surface area contributed by atoms with Crippen LogP contribution in [0.4, 0.5) is 17.1 Å². The van der Waals surface area contributed by atoms with Crippen molar-refractivity contribution in [3.63, 3.8) is 0 Å². The van der Waals surface area contributed by atoms with Gasteiger partial charge in [-0.3, -0.25) is 0 Å². The van der Waals surface area contributed by atoms with Gasteiger partial charge in [-0.25, -0.2) is 0 Å². The third kappa shape index (κ3) is 3.57. The zero-order valence-electron chi connectivity index (χ0n) is 20.7. The monoisotopic (exact) mass is 474 g/mol. The van der Waals surface area contributed by atoms with E-state index in [0.717, 1.165) is 17.1 Å². The molecule has 1 heterocycles. The number of anilines is 3. The van der Waals surface area contributed by atoms with E-state index in [4.69, 9.17) is 0 Å². The minimum Gasteiger partial charge on any atom is -0.344 e. The molecule has 0 aliphatic heterocycles. The van der Waals surface area contributed by atoms with Crippen LogP contribution in [0.15, 0.2) is 140 Å². The summed E-state index contributed by atoms with van der Waals surface area (Å²) in [6.07, 6.45) is 0. The molecule has 1 aromatic heterocycles. The average Bonchev–Trinajstić information content (AvgIpc) is 3.25. The molecule has 0 unspecified atom stereocenters. The fraction of sp³-hybridized carbons (Fsp3) is 0.0286. The van der Waals surface area contributed by atoms with Gasteiger partial charge in [0, 0.05) is 40.4 Å². The second kappa shape index (κ2) is 8.69. The molecule has 0 radical (unpaired) electrons. The van der Waals surface area contributed by atoms with Crippen LogP contribution < -0.4 is 4.90 Å². The highest BCUT2D eigenvalue weighted by molar-refractivity contribution is 6.09. The van der Waals surface area contributed by atoms with Crippen molar-refractivity contribution >= 4 is 49.6 Å². The van der Waals surface area contributed by atoms with Crippen molar-refractivity contribution in [2.75, 3.05) is 4.90 Å². The lowest BCUT2D eigenvalue weighted by Gasteiger charge is -2.26. The third-order valence-corrected chi connectivity index (χ3v) is 7.38. The van der Waals surface area contributed by atoms with Crippen molar-refractivity contribution < 1.29 is 0 Å². The summed E-state index contributed by atoms with van der Waals surface area (Å²) in [5.74, 6) is 0. The number of aryl methyl sites for hydroxylation is 1. The molecule has 0 aliphatic carbocycles. The Morgan fingerprint density at radius 2 is 1.14 bits per heavy atom. The highest BCUT2D eigenvalue weighted by Gasteiger charge is 2.16. The summed E-state index contributed by atoms with van der Waals surface area (Å²) in [6.45, 7) is 0. The number of para-hydroxylation sites is 2. The predicted octanol–water partition coefficient (Wildman–Crippen LogP) is 9.62. The Morgan fingerprint density at radius 1 is 0.459 bits per heavy atom. The fourth-order valence-electron chi connectivity index (χ4n) is 5.58. The van der Waals surface area contributed by atoms with Gasteiger partial charge < -0.3 is 9.47 Å². The number of rotatable bonds is 4. The van der Waals surface area contributed by atoms with Crippen LogP contribution in [-0.4, -0.2) is 4.57 Å². The largest absolute Gasteiger partial charge is 0.344 e. The van der Waals surface area contributed by atoms with Gasteiger partial charge >= 0.3 is 0 Å². The maximum Gasteiger partial charge on any atom is 0.0509 e. The van der Waals surface area contributed by atoms with E-state index in [1.165, 1.54) is 43.7 Å². The van der Waals surface area contributed by atoms with Gasteiger partial charge in [0.15, 0.2) is 0 Å². The first-order valence-electron chi connectivity index (χ1n) is 12.7. The van der Waals surface area contributed by atoms with Gasteiger partial charge in [-0.05, 0) is 64.4 Å². The smallest absolute Gasteiger partial charge is 0.0509 e. The SMILES string of the molecule is Cn1c2ccccc2c2ccc(N(c3ccccc3)c3ccc4cccc(-c5ccccc5)c4c3)cc21. The predicted molar refractivity (Wildman–Crippen MR) is 158 cm³/mol. The van der Waals surface area contributed by atoms with Crippen molar-refractivity contribution in [3.05, 3.63) is 140 Å². The van der Waals surface area contributed by atoms with Gasteiger partial charge in [-0.1, -0.05) is 97.1 Å². The zero-order valence-corrected chi connectivity index (χ0v) is 20.7. The summed E-state index contributed by atoms with van der Waals surface area (Å²) >= 11 is 0. The third-order valence-electron chi connectivity index (χ3n) is 7.38. The van der Waals surface area contributed by atoms with E-state index < -0.39 is 0 Å². The van der Waals surface area contributed by atoms with E-state index in [1.807, 2.05) is 0 Å². The normalized spacial score (nSPS) is 11.4. The lowest BCUT2D eigenvalue weighted by atomic mass is 9.97. The van der Waals surface area contributed by atoms with E-state index in [1.54, 1.807) is 0 Å². The molecule has 0 aliphatic rings. The summed E-state index contributed by atoms with van der Waals surface area (Å²) in [5, 5.41) is 5.05. The fourth-order valence-corrected chi connectivity index (χ4v) is 5.58. The van der Waals surface area contributed by atoms with Crippen molar-refractivity contribution in [3.8, 4) is 11.1 Å². The second-order valence-electron chi connectivity index (χ2n) is 9.53. The maximum atomic E-state index is 2.36. The second-order valence-corrected chi connectivity index (χ2v) is 9.53. The molecule has 0 spiro atoms. The summed E-state index contributed by atoms with van der Waals surface area (Å²) in [6, 6.07) is 50.1. The molecular weight excluding hydrogens is 448 g/mol. The topological polar surface area (TPSA) is 8.17 Å². The van der Waals surface area contributed by atoms with Crippen molar-refractivity contribution in [2.24, 2.45) is 7.05 Å². The van der Waals surface area contributed by atoms with E-state index >= 15 is 0 Å². The first kappa shape index (κ1) is 21.5. The Hall–Kier alpha value is -4.82. The van der Waals surface area contributed by atoms with E-state index in [2.05, 4.69) is 156 Å². The van der Waals surface area contributed by atoms with Crippen molar-refractivity contribution in [1.29, 1.82) is 0 Å². The van der Waals surface area contributed by atoms with Gasteiger partial charge in [-0.2, -0.15) is 0 Å². The number of aromatic nitrogens is 1. The molecule has 0 N–H and O–H groups in total. The van der Waals surface area contributed by atoms with Gasteiger partial charge in [0.2, 0.25) is 0 Å². The Balaban J connectivity index is 1.46. The van der Waals surface area contributed by atoms with Crippen molar-refractivity contribution in [2.45, 2.75) is 0 Å². The van der Waals surface area contributed by atoms with Crippen LogP contribution in [0.3, 0.4) is 0 Å². The molecule has 0 saturated carbocycles. The van der Waals surface area contributed by atoms with Gasteiger partial charge in [0.25, 0.3) is 0 Å². The van der Waals surface area contributed by atoms with Crippen molar-refractivity contribution in [1.82, 2.24) is 4.57 Å². The van der Waals surface area contributed by atoms with Crippen LogP contribution in [0, 0.1) is 0 Å². The number of hydrogen-bond acceptors (Lipinski definition) is 1. The van der Waals surface area contributed by atoms with Crippen LogP contribution in [0.25, 0.3) is 43.7 Å². The van der Waals surface area contributed by atoms with Crippen LogP contribution in [0.2, 0.25) is 0 Å². The number of hydrogen-bond donors (Lipinski definition) is 0. The Morgan fingerprint density at radius 3 is 1.97 bits per heavy atom. The Kier molecular flexibility index (Phi) is 5.04. The lowest BCUT2D eigenvalue weighted by molar-refractivity contribution is 1.01. The van der Waals surface area contributed by atoms with Gasteiger partial charge in [-0.15, -0.1) is 0 Å². The summed E-state index contributed by atoms with van der Waals surface area (Å²) in [7, 11) is 2.16. The zero-order chi connectivity index (χ0) is 24.8. The summed E-state index contributed by atoms with van der Waals surface area (Å²) < 4.78 is 2.30. The van der Waals surface area contributed by atoms with Crippen LogP contribution in [-0.2, 0) is 7.05 Å². The number of benzene rings is 6. The van der Waals surface area contributed by atoms with Crippen LogP contribution in [0.5, 0.6) is 0 Å². The molecule has 7 rings (SSSR count). The first-order valence-corrected chi connectivity index (χ1v) is 12.7. The molecule has 0 saturated heterocycles. The summed E-state index contributed by atoms with van der Waals surface area (Å²) in [4.78, 5) is 2.36. The first-order chi connectivity index (χ1) is 18.3. The lowest BCUT2D eigenvalue weighted by Crippen LogP contribution is -2.10. The quantitative estimate of drug-likeness (QED) is 0.246. The standard InChI is InChI=1S/C35H26N2/c1-36-34-18-9-8-16-31(34)32-22-21-29(24-35(32)36)37(27-14-6-3-7-15-27)28-20-19-26-13-10-17-30(33(26)23-28)25-11-4-2-5-12-25/h2-24H,1H3. The molecule has 37 heavy (non-hydrogen) atoms. The average molecular weight is 475 g/mol. The minimum atomic E-state index is 1.14. The van der Waals surface area contributed by atoms with E-state index in [0.29, 0.717) is 0 Å². The molecule has 7 aromatic rings. The minimum absolute atomic E-state index is 1.14. The van der Waals surface area contributed by atoms with Gasteiger partial charge in [0.1, 0.15) is 0 Å². The molecule has 2 nitrogen and oxygen atoms in total. The van der Waals surface area contributed by atoms with E-state index in [-0.39, 0.29) is 0 Å². The molecule has 0 atom stereocenters. The highest BCUT2D eigenvalue weighted by Crippen LogP contribution is 2.40. The number of nitrogens with zero attached hydrogens (tertiary/aromatic N) is 2. The molecule has 2 heteroatoms.